The Bertz CT molecular complexity index is 667. The molecule has 1 N–H and O–H groups in total. The van der Waals surface area contributed by atoms with E-state index in [0.29, 0.717) is 23.0 Å². The van der Waals surface area contributed by atoms with Gasteiger partial charge in [-0.25, -0.2) is 4.68 Å². The van der Waals surface area contributed by atoms with Crippen molar-refractivity contribution in [2.45, 2.75) is 59.0 Å². The van der Waals surface area contributed by atoms with Crippen molar-refractivity contribution in [3.63, 3.8) is 0 Å². The van der Waals surface area contributed by atoms with E-state index >= 15 is 0 Å². The molecule has 1 amide bonds. The third kappa shape index (κ3) is 4.84. The Kier molecular flexibility index (Phi) is 6.85. The van der Waals surface area contributed by atoms with Crippen molar-refractivity contribution in [2.75, 3.05) is 0 Å². The van der Waals surface area contributed by atoms with Crippen LogP contribution in [0.1, 0.15) is 61.1 Å². The Morgan fingerprint density at radius 2 is 2.00 bits per heavy atom. The molecule has 0 aliphatic rings. The maximum atomic E-state index is 12.5. The van der Waals surface area contributed by atoms with Gasteiger partial charge in [-0.15, -0.1) is 0 Å². The highest BCUT2D eigenvalue weighted by atomic mass is 35.5. The van der Waals surface area contributed by atoms with E-state index in [1.54, 1.807) is 4.68 Å². The van der Waals surface area contributed by atoms with Crippen LogP contribution in [0.4, 0.5) is 0 Å². The minimum atomic E-state index is -0.138. The van der Waals surface area contributed by atoms with Gasteiger partial charge < -0.3 is 5.32 Å². The fraction of sp³-hybridized carbons (Fsp3) is 0.474. The predicted octanol–water partition coefficient (Wildman–Crippen LogP) is 4.59. The topological polar surface area (TPSA) is 46.9 Å². The second kappa shape index (κ2) is 8.88. The van der Waals surface area contributed by atoms with E-state index in [2.05, 4.69) is 17.3 Å². The zero-order chi connectivity index (χ0) is 17.5. The predicted molar refractivity (Wildman–Crippen MR) is 98.6 cm³/mol. The third-order valence-corrected chi connectivity index (χ3v) is 4.47. The quantitative estimate of drug-likeness (QED) is 0.710. The molecular formula is C19H26ClN3O. The van der Waals surface area contributed by atoms with Crippen LogP contribution in [0, 0.1) is 6.92 Å². The number of aryl methyl sites for hydroxylation is 1. The van der Waals surface area contributed by atoms with Gasteiger partial charge in [0.2, 0.25) is 0 Å². The number of rotatable bonds is 8. The Balaban J connectivity index is 2.06. The van der Waals surface area contributed by atoms with Crippen LogP contribution in [0.5, 0.6) is 0 Å². The summed E-state index contributed by atoms with van der Waals surface area (Å²) < 4.78 is 1.68. The SMILES string of the molecule is CCCCCC(C)NC(=O)c1c(C)nn(Cc2ccccc2)c1Cl. The number of unbranched alkanes of at least 4 members (excludes halogenated alkanes) is 2. The molecule has 0 bridgehead atoms. The van der Waals surface area contributed by atoms with Crippen LogP contribution in [0.25, 0.3) is 0 Å². The van der Waals surface area contributed by atoms with E-state index in [1.807, 2.05) is 44.2 Å². The second-order valence-electron chi connectivity index (χ2n) is 6.26. The summed E-state index contributed by atoms with van der Waals surface area (Å²) in [7, 11) is 0. The lowest BCUT2D eigenvalue weighted by Gasteiger charge is -2.13. The first-order valence-corrected chi connectivity index (χ1v) is 8.98. The molecule has 2 rings (SSSR count). The van der Waals surface area contributed by atoms with Crippen molar-refractivity contribution in [1.29, 1.82) is 0 Å². The van der Waals surface area contributed by atoms with Gasteiger partial charge in [0.15, 0.2) is 0 Å². The zero-order valence-corrected chi connectivity index (χ0v) is 15.4. The molecule has 0 aliphatic carbocycles. The molecule has 0 saturated heterocycles. The molecule has 5 heteroatoms. The molecule has 24 heavy (non-hydrogen) atoms. The summed E-state index contributed by atoms with van der Waals surface area (Å²) in [6.07, 6.45) is 4.47. The maximum absolute atomic E-state index is 12.5. The van der Waals surface area contributed by atoms with Crippen molar-refractivity contribution in [3.8, 4) is 0 Å². The number of halogens is 1. The normalized spacial score (nSPS) is 12.2. The van der Waals surface area contributed by atoms with Gasteiger partial charge in [-0.05, 0) is 25.8 Å². The maximum Gasteiger partial charge on any atom is 0.256 e. The van der Waals surface area contributed by atoms with Crippen molar-refractivity contribution >= 4 is 17.5 Å². The Labute approximate surface area is 149 Å². The number of carbonyl (C=O) groups excluding carboxylic acids is 1. The number of amides is 1. The van der Waals surface area contributed by atoms with Gasteiger partial charge in [0, 0.05) is 6.04 Å². The first kappa shape index (κ1) is 18.5. The Hall–Kier alpha value is -1.81. The molecule has 0 radical (unpaired) electrons. The molecule has 1 aromatic heterocycles. The molecular weight excluding hydrogens is 322 g/mol. The second-order valence-corrected chi connectivity index (χ2v) is 6.62. The van der Waals surface area contributed by atoms with Crippen LogP contribution < -0.4 is 5.32 Å². The van der Waals surface area contributed by atoms with Gasteiger partial charge in [0.05, 0.1) is 17.8 Å². The highest BCUT2D eigenvalue weighted by molar-refractivity contribution is 6.33. The fourth-order valence-corrected chi connectivity index (χ4v) is 3.06. The highest BCUT2D eigenvalue weighted by Gasteiger charge is 2.21. The number of nitrogens with zero attached hydrogens (tertiary/aromatic N) is 2. The van der Waals surface area contributed by atoms with Gasteiger partial charge in [-0.1, -0.05) is 68.1 Å². The number of benzene rings is 1. The Morgan fingerprint density at radius 3 is 2.67 bits per heavy atom. The highest BCUT2D eigenvalue weighted by Crippen LogP contribution is 2.21. The summed E-state index contributed by atoms with van der Waals surface area (Å²) in [5, 5.41) is 7.87. The van der Waals surface area contributed by atoms with Gasteiger partial charge >= 0.3 is 0 Å². The van der Waals surface area contributed by atoms with Crippen LogP contribution >= 0.6 is 11.6 Å². The number of nitrogens with one attached hydrogen (secondary N) is 1. The average molecular weight is 348 g/mol. The molecule has 0 aliphatic heterocycles. The van der Waals surface area contributed by atoms with Crippen LogP contribution in [0.15, 0.2) is 30.3 Å². The molecule has 0 saturated carbocycles. The van der Waals surface area contributed by atoms with Gasteiger partial charge in [0.25, 0.3) is 5.91 Å². The summed E-state index contributed by atoms with van der Waals surface area (Å²) in [4.78, 5) is 12.5. The summed E-state index contributed by atoms with van der Waals surface area (Å²) in [6, 6.07) is 10.1. The molecule has 2 aromatic rings. The minimum absolute atomic E-state index is 0.136. The number of aromatic nitrogens is 2. The van der Waals surface area contributed by atoms with Crippen molar-refractivity contribution in [1.82, 2.24) is 15.1 Å². The third-order valence-electron chi connectivity index (χ3n) is 4.09. The average Bonchev–Trinajstić information content (AvgIpc) is 2.82. The van der Waals surface area contributed by atoms with Crippen molar-refractivity contribution in [3.05, 3.63) is 52.3 Å². The van der Waals surface area contributed by atoms with E-state index in [-0.39, 0.29) is 11.9 Å². The largest absolute Gasteiger partial charge is 0.349 e. The smallest absolute Gasteiger partial charge is 0.256 e. The molecule has 1 heterocycles. The molecule has 1 unspecified atom stereocenters. The van der Waals surface area contributed by atoms with E-state index in [4.69, 9.17) is 11.6 Å². The first-order valence-electron chi connectivity index (χ1n) is 8.60. The van der Waals surface area contributed by atoms with Gasteiger partial charge in [0.1, 0.15) is 5.15 Å². The van der Waals surface area contributed by atoms with Gasteiger partial charge in [-0.3, -0.25) is 4.79 Å². The first-order chi connectivity index (χ1) is 11.5. The molecule has 1 aromatic carbocycles. The van der Waals surface area contributed by atoms with Crippen LogP contribution in [-0.4, -0.2) is 21.7 Å². The van der Waals surface area contributed by atoms with Crippen LogP contribution in [0.2, 0.25) is 5.15 Å². The Morgan fingerprint density at radius 1 is 1.29 bits per heavy atom. The zero-order valence-electron chi connectivity index (χ0n) is 14.7. The molecule has 0 fully saturated rings. The lowest BCUT2D eigenvalue weighted by Crippen LogP contribution is -2.32. The van der Waals surface area contributed by atoms with Crippen LogP contribution in [0.3, 0.4) is 0 Å². The summed E-state index contributed by atoms with van der Waals surface area (Å²) in [6.45, 7) is 6.59. The van der Waals surface area contributed by atoms with Crippen molar-refractivity contribution < 1.29 is 4.79 Å². The van der Waals surface area contributed by atoms with E-state index < -0.39 is 0 Å². The summed E-state index contributed by atoms with van der Waals surface area (Å²) in [5.41, 5.74) is 2.24. The summed E-state index contributed by atoms with van der Waals surface area (Å²) in [5.74, 6) is -0.138. The number of carbonyl (C=O) groups is 1. The standard InChI is InChI=1S/C19H26ClN3O/c1-4-5-7-10-14(2)21-19(24)17-15(3)22-23(18(17)20)13-16-11-8-6-9-12-16/h6,8-9,11-12,14H,4-5,7,10,13H2,1-3H3,(H,21,24). The van der Waals surface area contributed by atoms with Crippen LogP contribution in [-0.2, 0) is 6.54 Å². The molecule has 0 spiro atoms. The minimum Gasteiger partial charge on any atom is -0.349 e. The molecule has 130 valence electrons. The van der Waals surface area contributed by atoms with Crippen molar-refractivity contribution in [2.24, 2.45) is 0 Å². The van der Waals surface area contributed by atoms with E-state index in [9.17, 15) is 4.79 Å². The summed E-state index contributed by atoms with van der Waals surface area (Å²) >= 11 is 6.42. The lowest BCUT2D eigenvalue weighted by atomic mass is 10.1. The number of hydrogen-bond donors (Lipinski definition) is 1. The fourth-order valence-electron chi connectivity index (χ4n) is 2.74. The molecule has 1 atom stereocenters. The van der Waals surface area contributed by atoms with E-state index in [0.717, 1.165) is 18.4 Å². The lowest BCUT2D eigenvalue weighted by molar-refractivity contribution is 0.0937. The van der Waals surface area contributed by atoms with Gasteiger partial charge in [-0.2, -0.15) is 5.10 Å². The monoisotopic (exact) mass is 347 g/mol. The molecule has 4 nitrogen and oxygen atoms in total. The number of hydrogen-bond acceptors (Lipinski definition) is 2. The van der Waals surface area contributed by atoms with E-state index in [1.165, 1.54) is 12.8 Å².